The summed E-state index contributed by atoms with van der Waals surface area (Å²) in [6, 6.07) is 10.7. The van der Waals surface area contributed by atoms with Gasteiger partial charge in [0.1, 0.15) is 0 Å². The van der Waals surface area contributed by atoms with E-state index in [-0.39, 0.29) is 24.2 Å². The van der Waals surface area contributed by atoms with Crippen molar-refractivity contribution in [2.24, 2.45) is 11.8 Å². The molecule has 25 heavy (non-hydrogen) atoms. The number of thiazole rings is 1. The van der Waals surface area contributed by atoms with Crippen LogP contribution < -0.4 is 10.6 Å². The molecule has 1 fully saturated rings. The van der Waals surface area contributed by atoms with Gasteiger partial charge in [-0.15, -0.1) is 23.7 Å². The third kappa shape index (κ3) is 3.89. The van der Waals surface area contributed by atoms with Crippen LogP contribution in [0.15, 0.2) is 30.3 Å². The average molecular weight is 378 g/mol. The van der Waals surface area contributed by atoms with Crippen molar-refractivity contribution in [1.29, 1.82) is 0 Å². The average Bonchev–Trinajstić information content (AvgIpc) is 2.95. The molecular formula is C19H24ClN3OS. The highest BCUT2D eigenvalue weighted by Crippen LogP contribution is 2.37. The van der Waals surface area contributed by atoms with Crippen molar-refractivity contribution in [3.63, 3.8) is 0 Å². The number of benzene rings is 1. The number of hydrogen-bond acceptors (Lipinski definition) is 4. The van der Waals surface area contributed by atoms with Crippen LogP contribution in [-0.4, -0.2) is 24.0 Å². The van der Waals surface area contributed by atoms with E-state index in [0.717, 1.165) is 37.5 Å². The topological polar surface area (TPSA) is 54.0 Å². The molecule has 2 heterocycles. The number of rotatable bonds is 4. The molecule has 1 saturated heterocycles. The van der Waals surface area contributed by atoms with Gasteiger partial charge in [-0.25, -0.2) is 4.98 Å². The molecule has 0 bridgehead atoms. The summed E-state index contributed by atoms with van der Waals surface area (Å²) in [5, 5.41) is 7.05. The van der Waals surface area contributed by atoms with Crippen molar-refractivity contribution in [2.45, 2.75) is 32.1 Å². The van der Waals surface area contributed by atoms with Crippen LogP contribution >= 0.6 is 23.7 Å². The van der Waals surface area contributed by atoms with Gasteiger partial charge in [0.25, 0.3) is 0 Å². The van der Waals surface area contributed by atoms with Gasteiger partial charge in [-0.2, -0.15) is 0 Å². The van der Waals surface area contributed by atoms with Crippen molar-refractivity contribution in [1.82, 2.24) is 10.3 Å². The number of fused-ring (bicyclic) bond motifs is 1. The normalized spacial score (nSPS) is 20.8. The molecule has 0 radical (unpaired) electrons. The highest BCUT2D eigenvalue weighted by atomic mass is 35.5. The lowest BCUT2D eigenvalue weighted by Gasteiger charge is -2.31. The van der Waals surface area contributed by atoms with Gasteiger partial charge in [0.05, 0.1) is 5.69 Å². The number of carbonyl (C=O) groups is 1. The Morgan fingerprint density at radius 2 is 2.08 bits per heavy atom. The zero-order chi connectivity index (χ0) is 16.5. The Labute approximate surface area is 158 Å². The number of hydrogen-bond donors (Lipinski definition) is 2. The number of amides is 1. The van der Waals surface area contributed by atoms with Crippen LogP contribution in [0.25, 0.3) is 0 Å². The first kappa shape index (κ1) is 18.4. The van der Waals surface area contributed by atoms with Gasteiger partial charge in [-0.3, -0.25) is 4.79 Å². The van der Waals surface area contributed by atoms with Gasteiger partial charge in [0, 0.05) is 10.8 Å². The molecule has 4 nitrogen and oxygen atoms in total. The van der Waals surface area contributed by atoms with Gasteiger partial charge in [0.2, 0.25) is 5.91 Å². The van der Waals surface area contributed by atoms with E-state index in [1.165, 1.54) is 16.1 Å². The summed E-state index contributed by atoms with van der Waals surface area (Å²) >= 11 is 1.66. The van der Waals surface area contributed by atoms with E-state index in [1.54, 1.807) is 11.3 Å². The standard InChI is InChI=1S/C19H23N3OS.ClH/c1-12(15-10-20-11-15)18(23)22-19-21-16-8-7-14(9-17(16)24-19)13-5-3-2-4-6-13;/h2-6,12,14-15,20H,7-11H2,1H3,(H,21,22,23);1H. The van der Waals surface area contributed by atoms with Crippen molar-refractivity contribution in [2.75, 3.05) is 18.4 Å². The third-order valence-electron chi connectivity index (χ3n) is 5.37. The molecule has 134 valence electrons. The highest BCUT2D eigenvalue weighted by Gasteiger charge is 2.30. The highest BCUT2D eigenvalue weighted by molar-refractivity contribution is 7.15. The van der Waals surface area contributed by atoms with Gasteiger partial charge in [-0.05, 0) is 49.8 Å². The van der Waals surface area contributed by atoms with Crippen LogP contribution in [-0.2, 0) is 17.6 Å². The maximum absolute atomic E-state index is 12.4. The Morgan fingerprint density at radius 3 is 2.76 bits per heavy atom. The maximum Gasteiger partial charge on any atom is 0.229 e. The van der Waals surface area contributed by atoms with Gasteiger partial charge >= 0.3 is 0 Å². The second-order valence-electron chi connectivity index (χ2n) is 6.94. The fourth-order valence-corrected chi connectivity index (χ4v) is 4.63. The van der Waals surface area contributed by atoms with Crippen molar-refractivity contribution >= 4 is 34.8 Å². The number of nitrogens with one attached hydrogen (secondary N) is 2. The Morgan fingerprint density at radius 1 is 1.32 bits per heavy atom. The Hall–Kier alpha value is -1.43. The minimum atomic E-state index is 0. The lowest BCUT2D eigenvalue weighted by Crippen LogP contribution is -2.48. The van der Waals surface area contributed by atoms with E-state index in [2.05, 4.69) is 45.9 Å². The number of anilines is 1. The molecule has 1 aliphatic heterocycles. The fourth-order valence-electron chi connectivity index (χ4n) is 3.54. The largest absolute Gasteiger partial charge is 0.316 e. The summed E-state index contributed by atoms with van der Waals surface area (Å²) < 4.78 is 0. The summed E-state index contributed by atoms with van der Waals surface area (Å²) in [4.78, 5) is 18.4. The van der Waals surface area contributed by atoms with Crippen molar-refractivity contribution in [3.05, 3.63) is 46.5 Å². The summed E-state index contributed by atoms with van der Waals surface area (Å²) in [6.07, 6.45) is 3.18. The van der Waals surface area contributed by atoms with Crippen LogP contribution in [0.1, 0.15) is 35.4 Å². The van der Waals surface area contributed by atoms with Crippen LogP contribution in [0.4, 0.5) is 5.13 Å². The molecular weight excluding hydrogens is 354 g/mol. The molecule has 1 aliphatic carbocycles. The molecule has 2 aromatic rings. The predicted octanol–water partition coefficient (Wildman–Crippen LogP) is 3.63. The van der Waals surface area contributed by atoms with Gasteiger partial charge in [-0.1, -0.05) is 37.3 Å². The Balaban J connectivity index is 0.00000182. The lowest BCUT2D eigenvalue weighted by atomic mass is 9.85. The Bertz CT molecular complexity index is 730. The van der Waals surface area contributed by atoms with Gasteiger partial charge < -0.3 is 10.6 Å². The number of aryl methyl sites for hydroxylation is 1. The van der Waals surface area contributed by atoms with Crippen LogP contribution in [0.2, 0.25) is 0 Å². The first-order valence-electron chi connectivity index (χ1n) is 8.76. The zero-order valence-corrected chi connectivity index (χ0v) is 16.0. The molecule has 6 heteroatoms. The van der Waals surface area contributed by atoms with Crippen molar-refractivity contribution in [3.8, 4) is 0 Å². The Kier molecular flexibility index (Phi) is 5.77. The summed E-state index contributed by atoms with van der Waals surface area (Å²) in [5.74, 6) is 1.18. The summed E-state index contributed by atoms with van der Waals surface area (Å²) in [7, 11) is 0. The third-order valence-corrected chi connectivity index (χ3v) is 6.41. The fraction of sp³-hybridized carbons (Fsp3) is 0.474. The predicted molar refractivity (Wildman–Crippen MR) is 105 cm³/mol. The van der Waals surface area contributed by atoms with E-state index in [4.69, 9.17) is 0 Å². The second kappa shape index (κ2) is 7.85. The molecule has 0 saturated carbocycles. The number of nitrogens with zero attached hydrogens (tertiary/aromatic N) is 1. The minimum absolute atomic E-state index is 0. The van der Waals surface area contributed by atoms with Crippen LogP contribution in [0.5, 0.6) is 0 Å². The van der Waals surface area contributed by atoms with E-state index in [9.17, 15) is 4.79 Å². The zero-order valence-electron chi connectivity index (χ0n) is 14.3. The monoisotopic (exact) mass is 377 g/mol. The smallest absolute Gasteiger partial charge is 0.229 e. The maximum atomic E-state index is 12.4. The number of carbonyl (C=O) groups excluding carboxylic acids is 1. The molecule has 2 unspecified atom stereocenters. The molecule has 1 aromatic carbocycles. The first-order valence-corrected chi connectivity index (χ1v) is 9.57. The molecule has 1 aromatic heterocycles. The molecule has 2 N–H and O–H groups in total. The van der Waals surface area contributed by atoms with Crippen LogP contribution in [0.3, 0.4) is 0 Å². The quantitative estimate of drug-likeness (QED) is 0.855. The van der Waals surface area contributed by atoms with E-state index >= 15 is 0 Å². The molecule has 4 rings (SSSR count). The molecule has 0 spiro atoms. The number of halogens is 1. The molecule has 2 atom stereocenters. The summed E-state index contributed by atoms with van der Waals surface area (Å²) in [5.41, 5.74) is 2.59. The van der Waals surface area contributed by atoms with E-state index in [0.29, 0.717) is 11.8 Å². The first-order chi connectivity index (χ1) is 11.7. The van der Waals surface area contributed by atoms with E-state index < -0.39 is 0 Å². The van der Waals surface area contributed by atoms with Gasteiger partial charge in [0.15, 0.2) is 5.13 Å². The molecule has 1 amide bonds. The minimum Gasteiger partial charge on any atom is -0.316 e. The van der Waals surface area contributed by atoms with Crippen molar-refractivity contribution < 1.29 is 4.79 Å². The molecule has 2 aliphatic rings. The van der Waals surface area contributed by atoms with Crippen LogP contribution in [0, 0.1) is 11.8 Å². The SMILES string of the molecule is CC(C(=O)Nc1nc2c(s1)CC(c1ccccc1)CC2)C1CNC1.Cl. The summed E-state index contributed by atoms with van der Waals surface area (Å²) in [6.45, 7) is 3.91. The van der Waals surface area contributed by atoms with E-state index in [1.807, 2.05) is 6.92 Å². The number of aromatic nitrogens is 1. The lowest BCUT2D eigenvalue weighted by molar-refractivity contribution is -0.121. The second-order valence-corrected chi connectivity index (χ2v) is 8.02.